The van der Waals surface area contributed by atoms with Crippen LogP contribution in [0.5, 0.6) is 5.75 Å². The topological polar surface area (TPSA) is 68.3 Å². The summed E-state index contributed by atoms with van der Waals surface area (Å²) in [5, 5.41) is 0. The molecule has 0 aliphatic carbocycles. The van der Waals surface area contributed by atoms with Crippen LogP contribution in [0, 0.1) is 6.92 Å². The number of ether oxygens (including phenoxy) is 3. The van der Waals surface area contributed by atoms with E-state index in [0.717, 1.165) is 11.3 Å². The van der Waals surface area contributed by atoms with Crippen LogP contribution in [0.25, 0.3) is 0 Å². The number of benzene rings is 1. The summed E-state index contributed by atoms with van der Waals surface area (Å²) in [4.78, 5) is 28.8. The van der Waals surface area contributed by atoms with E-state index >= 15 is 0 Å². The monoisotopic (exact) mass is 374 g/mol. The van der Waals surface area contributed by atoms with E-state index in [4.69, 9.17) is 14.2 Å². The summed E-state index contributed by atoms with van der Waals surface area (Å²) in [6, 6.07) is 5.78. The molecule has 7 heteroatoms. The standard InChI is InChI=1S/C20H26N2O5/c1-14-3-4-17-16(13-14)22(19(24)15(2)27-17)8-5-18(23)21-9-6-20(7-10-21)25-11-12-26-20/h3-4,13,15H,5-12H2,1-2H3/t15-/m1/s1. The van der Waals surface area contributed by atoms with Crippen molar-refractivity contribution >= 4 is 17.5 Å². The minimum atomic E-state index is -0.540. The normalized spacial score (nSPS) is 24.1. The Kier molecular flexibility index (Phi) is 4.82. The Morgan fingerprint density at radius 1 is 1.22 bits per heavy atom. The second kappa shape index (κ2) is 7.13. The van der Waals surface area contributed by atoms with Gasteiger partial charge in [-0.05, 0) is 31.5 Å². The van der Waals surface area contributed by atoms with Crippen LogP contribution < -0.4 is 9.64 Å². The second-order valence-electron chi connectivity index (χ2n) is 7.46. The van der Waals surface area contributed by atoms with Gasteiger partial charge >= 0.3 is 0 Å². The van der Waals surface area contributed by atoms with Crippen LogP contribution in [0.3, 0.4) is 0 Å². The average Bonchev–Trinajstić information content (AvgIpc) is 3.11. The van der Waals surface area contributed by atoms with E-state index in [9.17, 15) is 9.59 Å². The zero-order chi connectivity index (χ0) is 19.0. The molecule has 0 unspecified atom stereocenters. The number of carbonyl (C=O) groups excluding carboxylic acids is 2. The SMILES string of the molecule is Cc1ccc2c(c1)N(CCC(=O)N1CCC3(CC1)OCCO3)C(=O)[C@@H](C)O2. The lowest BCUT2D eigenvalue weighted by atomic mass is 10.0. The van der Waals surface area contributed by atoms with Gasteiger partial charge in [0.05, 0.1) is 18.9 Å². The highest BCUT2D eigenvalue weighted by Gasteiger charge is 2.41. The van der Waals surface area contributed by atoms with Crippen LogP contribution in [0.1, 0.15) is 31.7 Å². The Bertz CT molecular complexity index is 734. The Balaban J connectivity index is 1.39. The molecule has 4 rings (SSSR count). The number of anilines is 1. The number of rotatable bonds is 3. The van der Waals surface area contributed by atoms with Crippen LogP contribution >= 0.6 is 0 Å². The molecule has 0 radical (unpaired) electrons. The molecule has 2 amide bonds. The fraction of sp³-hybridized carbons (Fsp3) is 0.600. The number of hydrogen-bond acceptors (Lipinski definition) is 5. The van der Waals surface area contributed by atoms with Crippen LogP contribution in [0.4, 0.5) is 5.69 Å². The quantitative estimate of drug-likeness (QED) is 0.808. The number of fused-ring (bicyclic) bond motifs is 1. The summed E-state index contributed by atoms with van der Waals surface area (Å²) in [7, 11) is 0. The maximum atomic E-state index is 12.7. The largest absolute Gasteiger partial charge is 0.479 e. The molecule has 3 aliphatic heterocycles. The molecule has 2 saturated heterocycles. The summed E-state index contributed by atoms with van der Waals surface area (Å²) >= 11 is 0. The van der Waals surface area contributed by atoms with Gasteiger partial charge in [0.2, 0.25) is 5.91 Å². The first-order valence-electron chi connectivity index (χ1n) is 9.62. The van der Waals surface area contributed by atoms with Crippen LogP contribution in [-0.2, 0) is 19.1 Å². The average molecular weight is 374 g/mol. The highest BCUT2D eigenvalue weighted by atomic mass is 16.7. The Morgan fingerprint density at radius 2 is 1.93 bits per heavy atom. The summed E-state index contributed by atoms with van der Waals surface area (Å²) in [5.41, 5.74) is 1.80. The molecule has 146 valence electrons. The molecule has 27 heavy (non-hydrogen) atoms. The van der Waals surface area contributed by atoms with Crippen molar-refractivity contribution in [2.24, 2.45) is 0 Å². The van der Waals surface area contributed by atoms with Gasteiger partial charge in [-0.1, -0.05) is 6.07 Å². The first-order chi connectivity index (χ1) is 13.0. The summed E-state index contributed by atoms with van der Waals surface area (Å²) in [6.07, 6.45) is 1.16. The molecule has 1 aromatic rings. The third-order valence-electron chi connectivity index (χ3n) is 5.56. The lowest BCUT2D eigenvalue weighted by Crippen LogP contribution is -2.49. The second-order valence-corrected chi connectivity index (χ2v) is 7.46. The van der Waals surface area contributed by atoms with Gasteiger partial charge in [-0.3, -0.25) is 9.59 Å². The molecule has 0 saturated carbocycles. The predicted octanol–water partition coefficient (Wildman–Crippen LogP) is 1.86. The number of hydrogen-bond donors (Lipinski definition) is 0. The van der Waals surface area contributed by atoms with Crippen LogP contribution in [0.15, 0.2) is 18.2 Å². The van der Waals surface area contributed by atoms with E-state index in [2.05, 4.69) is 0 Å². The van der Waals surface area contributed by atoms with Crippen molar-refractivity contribution in [2.75, 3.05) is 37.7 Å². The Labute approximate surface area is 159 Å². The number of likely N-dealkylation sites (tertiary alicyclic amines) is 1. The fourth-order valence-electron chi connectivity index (χ4n) is 4.00. The van der Waals surface area contributed by atoms with E-state index in [0.29, 0.717) is 57.9 Å². The van der Waals surface area contributed by atoms with E-state index < -0.39 is 11.9 Å². The Morgan fingerprint density at radius 3 is 2.63 bits per heavy atom. The molecule has 3 aliphatic rings. The molecular weight excluding hydrogens is 348 g/mol. The van der Waals surface area contributed by atoms with Crippen molar-refractivity contribution in [3.8, 4) is 5.75 Å². The zero-order valence-electron chi connectivity index (χ0n) is 15.9. The molecule has 0 bridgehead atoms. The van der Waals surface area contributed by atoms with Crippen molar-refractivity contribution in [2.45, 2.75) is 45.0 Å². The minimum absolute atomic E-state index is 0.0593. The highest BCUT2D eigenvalue weighted by molar-refractivity contribution is 6.00. The maximum Gasteiger partial charge on any atom is 0.267 e. The molecule has 3 heterocycles. The smallest absolute Gasteiger partial charge is 0.267 e. The van der Waals surface area contributed by atoms with E-state index in [1.807, 2.05) is 30.0 Å². The van der Waals surface area contributed by atoms with Gasteiger partial charge in [-0.2, -0.15) is 0 Å². The number of aryl methyl sites for hydroxylation is 1. The van der Waals surface area contributed by atoms with Crippen molar-refractivity contribution in [3.05, 3.63) is 23.8 Å². The lowest BCUT2D eigenvalue weighted by Gasteiger charge is -2.38. The molecule has 7 nitrogen and oxygen atoms in total. The summed E-state index contributed by atoms with van der Waals surface area (Å²) in [6.45, 7) is 6.59. The molecule has 1 spiro atoms. The first-order valence-corrected chi connectivity index (χ1v) is 9.62. The molecule has 1 atom stereocenters. The van der Waals surface area contributed by atoms with Gasteiger partial charge in [-0.15, -0.1) is 0 Å². The Hall–Kier alpha value is -2.12. The van der Waals surface area contributed by atoms with Crippen molar-refractivity contribution in [1.82, 2.24) is 4.90 Å². The third-order valence-corrected chi connectivity index (χ3v) is 5.56. The minimum Gasteiger partial charge on any atom is -0.479 e. The molecule has 2 fully saturated rings. The first kappa shape index (κ1) is 18.3. The molecule has 0 aromatic heterocycles. The van der Waals surface area contributed by atoms with Gasteiger partial charge in [0.25, 0.3) is 5.91 Å². The van der Waals surface area contributed by atoms with Crippen molar-refractivity contribution in [1.29, 1.82) is 0 Å². The van der Waals surface area contributed by atoms with Gasteiger partial charge in [0.15, 0.2) is 11.9 Å². The lowest BCUT2D eigenvalue weighted by molar-refractivity contribution is -0.187. The van der Waals surface area contributed by atoms with Gasteiger partial charge in [0.1, 0.15) is 5.75 Å². The third kappa shape index (κ3) is 3.53. The van der Waals surface area contributed by atoms with E-state index in [1.165, 1.54) is 0 Å². The van der Waals surface area contributed by atoms with Crippen molar-refractivity contribution in [3.63, 3.8) is 0 Å². The van der Waals surface area contributed by atoms with Crippen LogP contribution in [0.2, 0.25) is 0 Å². The summed E-state index contributed by atoms with van der Waals surface area (Å²) in [5.74, 6) is 0.161. The maximum absolute atomic E-state index is 12.7. The number of carbonyl (C=O) groups is 2. The summed E-state index contributed by atoms with van der Waals surface area (Å²) < 4.78 is 17.1. The molecule has 0 N–H and O–H groups in total. The van der Waals surface area contributed by atoms with Gasteiger partial charge < -0.3 is 24.0 Å². The van der Waals surface area contributed by atoms with E-state index in [-0.39, 0.29) is 11.8 Å². The van der Waals surface area contributed by atoms with Crippen LogP contribution in [-0.4, -0.2) is 61.5 Å². The fourth-order valence-corrected chi connectivity index (χ4v) is 4.00. The molecule has 1 aromatic carbocycles. The highest BCUT2D eigenvalue weighted by Crippen LogP contribution is 2.35. The van der Waals surface area contributed by atoms with Gasteiger partial charge in [0, 0.05) is 38.9 Å². The van der Waals surface area contributed by atoms with Gasteiger partial charge in [-0.25, -0.2) is 0 Å². The number of piperidine rings is 1. The number of amides is 2. The molecular formula is C20H26N2O5. The number of nitrogens with zero attached hydrogens (tertiary/aromatic N) is 2. The van der Waals surface area contributed by atoms with E-state index in [1.54, 1.807) is 11.8 Å². The zero-order valence-corrected chi connectivity index (χ0v) is 15.9. The predicted molar refractivity (Wildman–Crippen MR) is 98.7 cm³/mol. The van der Waals surface area contributed by atoms with Crippen molar-refractivity contribution < 1.29 is 23.8 Å².